The Morgan fingerprint density at radius 2 is 2.11 bits per heavy atom. The highest BCUT2D eigenvalue weighted by Crippen LogP contribution is 2.35. The molecule has 5 nitrogen and oxygen atoms in total. The van der Waals surface area contributed by atoms with Gasteiger partial charge in [0.15, 0.2) is 0 Å². The number of nitrogens with zero attached hydrogens (tertiary/aromatic N) is 1. The summed E-state index contributed by atoms with van der Waals surface area (Å²) in [6.45, 7) is 6.27. The maximum Gasteiger partial charge on any atom is 0.327 e. The predicted molar refractivity (Wildman–Crippen MR) is 75.1 cm³/mol. The van der Waals surface area contributed by atoms with Crippen LogP contribution in [-0.4, -0.2) is 63.4 Å². The van der Waals surface area contributed by atoms with E-state index < -0.39 is 5.54 Å². The first-order chi connectivity index (χ1) is 8.98. The Balaban J connectivity index is 2.70. The van der Waals surface area contributed by atoms with Gasteiger partial charge in [-0.3, -0.25) is 9.69 Å². The minimum absolute atomic E-state index is 0.222. The predicted octanol–water partition coefficient (Wildman–Crippen LogP) is 0.884. The molecule has 1 aliphatic carbocycles. The summed E-state index contributed by atoms with van der Waals surface area (Å²) in [7, 11) is 4.94. The Morgan fingerprint density at radius 1 is 1.47 bits per heavy atom. The summed E-state index contributed by atoms with van der Waals surface area (Å²) in [6.07, 6.45) is 2.58. The fraction of sp³-hybridized carbons (Fsp3) is 0.929. The lowest BCUT2D eigenvalue weighted by Crippen LogP contribution is -2.58. The van der Waals surface area contributed by atoms with E-state index in [9.17, 15) is 4.79 Å². The van der Waals surface area contributed by atoms with Gasteiger partial charge in [-0.25, -0.2) is 0 Å². The van der Waals surface area contributed by atoms with Crippen molar-refractivity contribution in [3.63, 3.8) is 0 Å². The highest BCUT2D eigenvalue weighted by molar-refractivity contribution is 5.80. The van der Waals surface area contributed by atoms with Crippen LogP contribution in [0.15, 0.2) is 0 Å². The van der Waals surface area contributed by atoms with Gasteiger partial charge in [-0.15, -0.1) is 0 Å². The average Bonchev–Trinajstić information content (AvgIpc) is 3.25. The first kappa shape index (κ1) is 16.4. The zero-order chi connectivity index (χ0) is 14.5. The van der Waals surface area contributed by atoms with Gasteiger partial charge < -0.3 is 14.8 Å². The summed E-state index contributed by atoms with van der Waals surface area (Å²) in [6, 6.07) is 0.479. The SMILES string of the molecule is CNC(C)(CN(CCOC)C(C)C1CC1)C(=O)OC. The zero-order valence-corrected chi connectivity index (χ0v) is 12.9. The summed E-state index contributed by atoms with van der Waals surface area (Å²) < 4.78 is 10.1. The van der Waals surface area contributed by atoms with Crippen LogP contribution >= 0.6 is 0 Å². The molecule has 19 heavy (non-hydrogen) atoms. The molecule has 1 rings (SSSR count). The molecule has 0 aromatic rings. The lowest BCUT2D eigenvalue weighted by molar-refractivity contribution is -0.148. The number of hydrogen-bond acceptors (Lipinski definition) is 5. The van der Waals surface area contributed by atoms with Gasteiger partial charge in [0, 0.05) is 26.2 Å². The second-order valence-corrected chi connectivity index (χ2v) is 5.61. The van der Waals surface area contributed by atoms with Crippen LogP contribution in [0.2, 0.25) is 0 Å². The second-order valence-electron chi connectivity index (χ2n) is 5.61. The number of methoxy groups -OCH3 is 2. The van der Waals surface area contributed by atoms with E-state index in [1.165, 1.54) is 20.0 Å². The number of nitrogens with one attached hydrogen (secondary N) is 1. The fourth-order valence-corrected chi connectivity index (χ4v) is 2.39. The molecule has 0 aliphatic heterocycles. The van der Waals surface area contributed by atoms with Gasteiger partial charge in [-0.2, -0.15) is 0 Å². The van der Waals surface area contributed by atoms with Crippen molar-refractivity contribution in [1.82, 2.24) is 10.2 Å². The fourth-order valence-electron chi connectivity index (χ4n) is 2.39. The Kier molecular flexibility index (Phi) is 6.23. The van der Waals surface area contributed by atoms with Crippen LogP contribution in [-0.2, 0) is 14.3 Å². The monoisotopic (exact) mass is 272 g/mol. The van der Waals surface area contributed by atoms with E-state index in [-0.39, 0.29) is 5.97 Å². The molecule has 2 atom stereocenters. The maximum absolute atomic E-state index is 11.9. The Morgan fingerprint density at radius 3 is 2.53 bits per heavy atom. The smallest absolute Gasteiger partial charge is 0.327 e. The van der Waals surface area contributed by atoms with E-state index in [1.54, 1.807) is 14.2 Å². The first-order valence-electron chi connectivity index (χ1n) is 6.98. The maximum atomic E-state index is 11.9. The van der Waals surface area contributed by atoms with E-state index >= 15 is 0 Å². The van der Waals surface area contributed by atoms with Gasteiger partial charge in [0.1, 0.15) is 5.54 Å². The number of hydrogen-bond donors (Lipinski definition) is 1. The second kappa shape index (κ2) is 7.22. The Hall–Kier alpha value is -0.650. The van der Waals surface area contributed by atoms with Crippen molar-refractivity contribution in [2.75, 3.05) is 41.0 Å². The largest absolute Gasteiger partial charge is 0.468 e. The van der Waals surface area contributed by atoms with Crippen molar-refractivity contribution < 1.29 is 14.3 Å². The van der Waals surface area contributed by atoms with E-state index in [2.05, 4.69) is 17.1 Å². The molecule has 0 bridgehead atoms. The highest BCUT2D eigenvalue weighted by atomic mass is 16.5. The van der Waals surface area contributed by atoms with Crippen molar-refractivity contribution in [1.29, 1.82) is 0 Å². The van der Waals surface area contributed by atoms with E-state index in [4.69, 9.17) is 9.47 Å². The normalized spacial score (nSPS) is 20.1. The van der Waals surface area contributed by atoms with Crippen molar-refractivity contribution in [2.24, 2.45) is 5.92 Å². The van der Waals surface area contributed by atoms with Crippen LogP contribution < -0.4 is 5.32 Å². The molecule has 0 heterocycles. The van der Waals surface area contributed by atoms with Crippen LogP contribution in [0.1, 0.15) is 26.7 Å². The van der Waals surface area contributed by atoms with Gasteiger partial charge in [0.25, 0.3) is 0 Å². The molecule has 0 amide bonds. The molecule has 112 valence electrons. The number of carbonyl (C=O) groups excluding carboxylic acids is 1. The van der Waals surface area contributed by atoms with Crippen molar-refractivity contribution >= 4 is 5.97 Å². The van der Waals surface area contributed by atoms with Crippen LogP contribution in [0.5, 0.6) is 0 Å². The summed E-state index contributed by atoms with van der Waals surface area (Å²) >= 11 is 0. The average molecular weight is 272 g/mol. The number of rotatable bonds is 9. The molecule has 1 aliphatic rings. The molecular formula is C14H28N2O3. The molecule has 0 aromatic carbocycles. The Labute approximate surface area is 116 Å². The van der Waals surface area contributed by atoms with Gasteiger partial charge >= 0.3 is 5.97 Å². The third-order valence-corrected chi connectivity index (χ3v) is 4.17. The standard InChI is InChI=1S/C14H28N2O3/c1-11(12-6-7-12)16(8-9-18-4)10-14(2,15-3)13(17)19-5/h11-12,15H,6-10H2,1-5H3. The van der Waals surface area contributed by atoms with Gasteiger partial charge in [-0.1, -0.05) is 0 Å². The summed E-state index contributed by atoms with van der Waals surface area (Å²) in [4.78, 5) is 14.3. The molecule has 0 spiro atoms. The number of esters is 1. The van der Waals surface area contributed by atoms with Crippen LogP contribution in [0.25, 0.3) is 0 Å². The third-order valence-electron chi connectivity index (χ3n) is 4.17. The van der Waals surface area contributed by atoms with E-state index in [1.807, 2.05) is 6.92 Å². The summed E-state index contributed by atoms with van der Waals surface area (Å²) in [5.74, 6) is 0.538. The molecular weight excluding hydrogens is 244 g/mol. The van der Waals surface area contributed by atoms with Gasteiger partial charge in [0.2, 0.25) is 0 Å². The van der Waals surface area contributed by atoms with Crippen LogP contribution in [0.3, 0.4) is 0 Å². The summed E-state index contributed by atoms with van der Waals surface area (Å²) in [5.41, 5.74) is -0.675. The zero-order valence-electron chi connectivity index (χ0n) is 12.9. The lowest BCUT2D eigenvalue weighted by atomic mass is 10.0. The number of likely N-dealkylation sites (N-methyl/N-ethyl adjacent to an activating group) is 1. The lowest BCUT2D eigenvalue weighted by Gasteiger charge is -2.36. The first-order valence-corrected chi connectivity index (χ1v) is 6.98. The van der Waals surface area contributed by atoms with Crippen molar-refractivity contribution in [2.45, 2.75) is 38.3 Å². The molecule has 2 unspecified atom stereocenters. The molecule has 0 radical (unpaired) electrons. The molecule has 5 heteroatoms. The van der Waals surface area contributed by atoms with Gasteiger partial charge in [0.05, 0.1) is 13.7 Å². The topological polar surface area (TPSA) is 50.8 Å². The minimum atomic E-state index is -0.675. The Bertz CT molecular complexity index is 294. The number of ether oxygens (including phenoxy) is 2. The molecule has 1 fully saturated rings. The third kappa shape index (κ3) is 4.44. The van der Waals surface area contributed by atoms with E-state index in [0.717, 1.165) is 12.5 Å². The van der Waals surface area contributed by atoms with Gasteiger partial charge in [-0.05, 0) is 39.7 Å². The highest BCUT2D eigenvalue weighted by Gasteiger charge is 2.39. The molecule has 1 saturated carbocycles. The van der Waals surface area contributed by atoms with Crippen LogP contribution in [0, 0.1) is 5.92 Å². The van der Waals surface area contributed by atoms with Crippen LogP contribution in [0.4, 0.5) is 0 Å². The van der Waals surface area contributed by atoms with E-state index in [0.29, 0.717) is 19.2 Å². The van der Waals surface area contributed by atoms with Crippen molar-refractivity contribution in [3.8, 4) is 0 Å². The molecule has 0 saturated heterocycles. The minimum Gasteiger partial charge on any atom is -0.468 e. The molecule has 0 aromatic heterocycles. The number of carbonyl (C=O) groups is 1. The molecule has 1 N–H and O–H groups in total. The quantitative estimate of drug-likeness (QED) is 0.632. The summed E-state index contributed by atoms with van der Waals surface area (Å²) in [5, 5.41) is 3.09. The van der Waals surface area contributed by atoms with Crippen molar-refractivity contribution in [3.05, 3.63) is 0 Å².